The lowest BCUT2D eigenvalue weighted by molar-refractivity contribution is -0.164. The number of rotatable bonds is 4. The highest BCUT2D eigenvalue weighted by Crippen LogP contribution is 2.48. The van der Waals surface area contributed by atoms with Crippen molar-refractivity contribution < 1.29 is 35.0 Å². The van der Waals surface area contributed by atoms with E-state index in [1.54, 1.807) is 19.9 Å². The van der Waals surface area contributed by atoms with Gasteiger partial charge in [0.15, 0.2) is 0 Å². The van der Waals surface area contributed by atoms with Crippen LogP contribution in [0.15, 0.2) is 23.3 Å². The van der Waals surface area contributed by atoms with Gasteiger partial charge >= 0.3 is 0 Å². The minimum atomic E-state index is -1.74. The Morgan fingerprint density at radius 1 is 1.23 bits per heavy atom. The number of hydrogen-bond acceptors (Lipinski definition) is 7. The van der Waals surface area contributed by atoms with Crippen LogP contribution in [0.4, 0.5) is 0 Å². The fourth-order valence-electron chi connectivity index (χ4n) is 4.13. The van der Waals surface area contributed by atoms with Crippen molar-refractivity contribution in [1.82, 2.24) is 0 Å². The SMILES string of the molecule is CCCC=CC1OCC2=C(C1O)C(O)C(O)C1(O)CC(C(C)(C)O)OC21. The summed E-state index contributed by atoms with van der Waals surface area (Å²) >= 11 is 0. The molecule has 0 amide bonds. The first-order valence-corrected chi connectivity index (χ1v) is 9.26. The van der Waals surface area contributed by atoms with Gasteiger partial charge in [0.2, 0.25) is 0 Å². The molecular weight excluding hydrogens is 340 g/mol. The van der Waals surface area contributed by atoms with Crippen LogP contribution in [0, 0.1) is 0 Å². The van der Waals surface area contributed by atoms with Crippen molar-refractivity contribution in [3.8, 4) is 0 Å². The van der Waals surface area contributed by atoms with Crippen LogP contribution in [0.3, 0.4) is 0 Å². The molecule has 0 saturated carbocycles. The first kappa shape index (κ1) is 19.9. The highest BCUT2D eigenvalue weighted by Gasteiger charge is 2.62. The molecule has 1 fully saturated rings. The van der Waals surface area contributed by atoms with Gasteiger partial charge in [-0.25, -0.2) is 0 Å². The largest absolute Gasteiger partial charge is 0.388 e. The van der Waals surface area contributed by atoms with E-state index in [1.807, 2.05) is 13.0 Å². The highest BCUT2D eigenvalue weighted by atomic mass is 16.5. The molecular formula is C19H30O7. The van der Waals surface area contributed by atoms with Crippen molar-refractivity contribution in [2.45, 2.75) is 87.9 Å². The molecule has 148 valence electrons. The average Bonchev–Trinajstić information content (AvgIpc) is 2.94. The van der Waals surface area contributed by atoms with Crippen LogP contribution >= 0.6 is 0 Å². The Balaban J connectivity index is 1.94. The van der Waals surface area contributed by atoms with Gasteiger partial charge in [-0.1, -0.05) is 25.5 Å². The summed E-state index contributed by atoms with van der Waals surface area (Å²) in [6.45, 7) is 5.25. The number of hydrogen-bond donors (Lipinski definition) is 5. The van der Waals surface area contributed by atoms with E-state index in [4.69, 9.17) is 9.47 Å². The summed E-state index contributed by atoms with van der Waals surface area (Å²) in [5.74, 6) is 0. The lowest BCUT2D eigenvalue weighted by Gasteiger charge is -2.46. The Morgan fingerprint density at radius 2 is 1.92 bits per heavy atom. The summed E-state index contributed by atoms with van der Waals surface area (Å²) in [7, 11) is 0. The quantitative estimate of drug-likeness (QED) is 0.435. The first-order chi connectivity index (χ1) is 12.1. The summed E-state index contributed by atoms with van der Waals surface area (Å²) < 4.78 is 11.6. The Labute approximate surface area is 153 Å². The van der Waals surface area contributed by atoms with Crippen LogP contribution in [0.5, 0.6) is 0 Å². The number of aliphatic hydroxyl groups excluding tert-OH is 3. The van der Waals surface area contributed by atoms with E-state index in [-0.39, 0.29) is 18.6 Å². The second-order valence-corrected chi connectivity index (χ2v) is 8.16. The fraction of sp³-hybridized carbons (Fsp3) is 0.789. The second-order valence-electron chi connectivity index (χ2n) is 8.16. The molecule has 0 aromatic rings. The molecule has 1 saturated heterocycles. The van der Waals surface area contributed by atoms with Crippen LogP contribution in [0.1, 0.15) is 40.0 Å². The Bertz CT molecular complexity index is 593. The normalized spacial score (nSPS) is 43.7. The Hall–Kier alpha value is -0.800. The average molecular weight is 370 g/mol. The molecule has 5 N–H and O–H groups in total. The van der Waals surface area contributed by atoms with Crippen molar-refractivity contribution in [3.05, 3.63) is 23.3 Å². The van der Waals surface area contributed by atoms with Crippen LogP contribution in [0.25, 0.3) is 0 Å². The van der Waals surface area contributed by atoms with Gasteiger partial charge in [0.05, 0.1) is 18.3 Å². The van der Waals surface area contributed by atoms with Crippen molar-refractivity contribution in [1.29, 1.82) is 0 Å². The first-order valence-electron chi connectivity index (χ1n) is 9.26. The Morgan fingerprint density at radius 3 is 2.54 bits per heavy atom. The molecule has 1 aliphatic carbocycles. The fourth-order valence-corrected chi connectivity index (χ4v) is 4.13. The lowest BCUT2D eigenvalue weighted by atomic mass is 9.70. The van der Waals surface area contributed by atoms with Gasteiger partial charge in [-0.2, -0.15) is 0 Å². The maximum absolute atomic E-state index is 11.0. The molecule has 7 unspecified atom stereocenters. The van der Waals surface area contributed by atoms with Gasteiger partial charge in [0, 0.05) is 6.42 Å². The van der Waals surface area contributed by atoms with Crippen LogP contribution < -0.4 is 0 Å². The number of aliphatic hydroxyl groups is 5. The van der Waals surface area contributed by atoms with E-state index in [2.05, 4.69) is 0 Å². The standard InChI is InChI=1S/C19H30O7/c1-4-5-6-7-11-14(20)13-10(9-25-11)17-19(24,16(22)15(13)21)8-12(26-17)18(2,3)23/h6-7,11-12,14-17,20-24H,4-5,8-9H2,1-3H3. The number of fused-ring (bicyclic) bond motifs is 2. The van der Waals surface area contributed by atoms with E-state index >= 15 is 0 Å². The third-order valence-corrected chi connectivity index (χ3v) is 5.71. The third-order valence-electron chi connectivity index (χ3n) is 5.71. The van der Waals surface area contributed by atoms with Gasteiger partial charge in [0.1, 0.15) is 36.1 Å². The monoisotopic (exact) mass is 370 g/mol. The topological polar surface area (TPSA) is 120 Å². The molecule has 0 aromatic carbocycles. The van der Waals surface area contributed by atoms with Gasteiger partial charge in [-0.15, -0.1) is 0 Å². The lowest BCUT2D eigenvalue weighted by Crippen LogP contribution is -2.62. The van der Waals surface area contributed by atoms with Gasteiger partial charge < -0.3 is 35.0 Å². The molecule has 7 atom stereocenters. The zero-order valence-electron chi connectivity index (χ0n) is 15.5. The molecule has 3 rings (SSSR count). The highest BCUT2D eigenvalue weighted by molar-refractivity contribution is 5.40. The van der Waals surface area contributed by atoms with E-state index in [1.165, 1.54) is 0 Å². The maximum Gasteiger partial charge on any atom is 0.126 e. The molecule has 3 aliphatic rings. The van der Waals surface area contributed by atoms with E-state index in [0.717, 1.165) is 12.8 Å². The summed E-state index contributed by atoms with van der Waals surface area (Å²) in [6, 6.07) is 0. The predicted molar refractivity (Wildman–Crippen MR) is 93.4 cm³/mol. The van der Waals surface area contributed by atoms with Crippen molar-refractivity contribution in [2.75, 3.05) is 6.61 Å². The molecule has 7 nitrogen and oxygen atoms in total. The van der Waals surface area contributed by atoms with Gasteiger partial charge in [-0.3, -0.25) is 0 Å². The van der Waals surface area contributed by atoms with Crippen LogP contribution in [-0.2, 0) is 9.47 Å². The minimum absolute atomic E-state index is 0.0217. The molecule has 0 aromatic heterocycles. The predicted octanol–water partition coefficient (Wildman–Crippen LogP) is -0.206. The van der Waals surface area contributed by atoms with Crippen LogP contribution in [0.2, 0.25) is 0 Å². The third kappa shape index (κ3) is 3.16. The molecule has 2 heterocycles. The molecule has 0 bridgehead atoms. The van der Waals surface area contributed by atoms with Crippen LogP contribution in [-0.4, -0.2) is 80.0 Å². The molecule has 0 radical (unpaired) electrons. The second kappa shape index (κ2) is 6.98. The number of allylic oxidation sites excluding steroid dienone is 1. The van der Waals surface area contributed by atoms with Gasteiger partial charge in [-0.05, 0) is 31.4 Å². The molecule has 2 aliphatic heterocycles. The van der Waals surface area contributed by atoms with Gasteiger partial charge in [0.25, 0.3) is 0 Å². The smallest absolute Gasteiger partial charge is 0.126 e. The summed E-state index contributed by atoms with van der Waals surface area (Å²) in [6.07, 6.45) is -0.892. The van der Waals surface area contributed by atoms with Crippen molar-refractivity contribution >= 4 is 0 Å². The van der Waals surface area contributed by atoms with E-state index < -0.39 is 47.8 Å². The van der Waals surface area contributed by atoms with E-state index in [9.17, 15) is 25.5 Å². The van der Waals surface area contributed by atoms with Crippen molar-refractivity contribution in [2.24, 2.45) is 0 Å². The Kier molecular flexibility index (Phi) is 5.35. The maximum atomic E-state index is 11.0. The minimum Gasteiger partial charge on any atom is -0.388 e. The zero-order valence-corrected chi connectivity index (χ0v) is 15.5. The summed E-state index contributed by atoms with van der Waals surface area (Å²) in [5.41, 5.74) is -2.26. The zero-order chi connectivity index (χ0) is 19.3. The molecule has 7 heteroatoms. The molecule has 26 heavy (non-hydrogen) atoms. The summed E-state index contributed by atoms with van der Waals surface area (Å²) in [4.78, 5) is 0. The van der Waals surface area contributed by atoms with Crippen molar-refractivity contribution in [3.63, 3.8) is 0 Å². The number of unbranched alkanes of at least 4 members (excludes halogenated alkanes) is 1. The summed E-state index contributed by atoms with van der Waals surface area (Å²) in [5, 5.41) is 53.2. The number of ether oxygens (including phenoxy) is 2. The van der Waals surface area contributed by atoms with E-state index in [0.29, 0.717) is 5.57 Å². The molecule has 0 spiro atoms.